The van der Waals surface area contributed by atoms with Crippen molar-refractivity contribution in [1.29, 1.82) is 0 Å². The van der Waals surface area contributed by atoms with Crippen LogP contribution in [0.1, 0.15) is 6.92 Å². The van der Waals surface area contributed by atoms with E-state index in [0.717, 1.165) is 13.1 Å². The molecule has 0 saturated carbocycles. The second-order valence-electron chi connectivity index (χ2n) is 4.00. The number of carboxylic acids is 1. The summed E-state index contributed by atoms with van der Waals surface area (Å²) in [5, 5.41) is 9.18. The molecular weight excluding hydrogens is 206 g/mol. The number of fused-ring (bicyclic) bond motifs is 1. The number of hydrogen-bond acceptors (Lipinski definition) is 3. The molecule has 0 bridgehead atoms. The van der Waals surface area contributed by atoms with Gasteiger partial charge in [-0.05, 0) is 6.54 Å². The molecule has 0 amide bonds. The van der Waals surface area contributed by atoms with E-state index >= 15 is 0 Å². The molecular formula is C9H16ClNO3. The molecule has 0 aliphatic carbocycles. The van der Waals surface area contributed by atoms with Crippen LogP contribution in [0.5, 0.6) is 0 Å². The number of aliphatic carboxylic acids is 1. The van der Waals surface area contributed by atoms with Gasteiger partial charge in [0.05, 0.1) is 13.2 Å². The molecule has 0 aromatic rings. The van der Waals surface area contributed by atoms with Gasteiger partial charge >= 0.3 is 5.97 Å². The summed E-state index contributed by atoms with van der Waals surface area (Å²) in [6, 6.07) is 0. The van der Waals surface area contributed by atoms with E-state index in [0.29, 0.717) is 19.8 Å². The first kappa shape index (κ1) is 11.8. The van der Waals surface area contributed by atoms with E-state index < -0.39 is 11.4 Å². The molecule has 0 aromatic heterocycles. The summed E-state index contributed by atoms with van der Waals surface area (Å²) >= 11 is 0. The monoisotopic (exact) mass is 221 g/mol. The van der Waals surface area contributed by atoms with Crippen LogP contribution in [-0.2, 0) is 9.53 Å². The van der Waals surface area contributed by atoms with E-state index in [1.54, 1.807) is 0 Å². The molecule has 0 spiro atoms. The quantitative estimate of drug-likeness (QED) is 0.736. The lowest BCUT2D eigenvalue weighted by atomic mass is 9.81. The summed E-state index contributed by atoms with van der Waals surface area (Å²) in [5.41, 5.74) is -0.601. The molecule has 2 atom stereocenters. The Morgan fingerprint density at radius 2 is 2.43 bits per heavy atom. The number of likely N-dealkylation sites (tertiary alicyclic amines) is 1. The van der Waals surface area contributed by atoms with Crippen molar-refractivity contribution >= 4 is 18.4 Å². The zero-order valence-electron chi connectivity index (χ0n) is 8.23. The van der Waals surface area contributed by atoms with Gasteiger partial charge in [-0.25, -0.2) is 0 Å². The van der Waals surface area contributed by atoms with Crippen LogP contribution < -0.4 is 0 Å². The Morgan fingerprint density at radius 1 is 1.71 bits per heavy atom. The van der Waals surface area contributed by atoms with Crippen molar-refractivity contribution in [2.24, 2.45) is 11.3 Å². The Kier molecular flexibility index (Phi) is 3.40. The molecule has 14 heavy (non-hydrogen) atoms. The summed E-state index contributed by atoms with van der Waals surface area (Å²) in [6.45, 7) is 5.54. The maximum absolute atomic E-state index is 11.2. The Bertz CT molecular complexity index is 236. The molecule has 4 nitrogen and oxygen atoms in total. The topological polar surface area (TPSA) is 49.8 Å². The minimum atomic E-state index is -0.689. The van der Waals surface area contributed by atoms with Gasteiger partial charge in [-0.1, -0.05) is 6.92 Å². The third-order valence-electron chi connectivity index (χ3n) is 3.32. The highest BCUT2D eigenvalue weighted by Gasteiger charge is 2.55. The number of hydrogen-bond donors (Lipinski definition) is 1. The van der Waals surface area contributed by atoms with Gasteiger partial charge < -0.3 is 14.7 Å². The minimum Gasteiger partial charge on any atom is -0.481 e. The molecule has 82 valence electrons. The lowest BCUT2D eigenvalue weighted by Gasteiger charge is -2.21. The first-order valence-corrected chi connectivity index (χ1v) is 4.72. The van der Waals surface area contributed by atoms with Crippen LogP contribution in [0.25, 0.3) is 0 Å². The van der Waals surface area contributed by atoms with E-state index in [4.69, 9.17) is 4.74 Å². The van der Waals surface area contributed by atoms with Crippen LogP contribution in [-0.4, -0.2) is 48.8 Å². The fourth-order valence-electron chi connectivity index (χ4n) is 2.38. The first-order chi connectivity index (χ1) is 6.19. The number of nitrogens with zero attached hydrogens (tertiary/aromatic N) is 1. The van der Waals surface area contributed by atoms with E-state index in [-0.39, 0.29) is 18.3 Å². The van der Waals surface area contributed by atoms with Gasteiger partial charge in [0.2, 0.25) is 0 Å². The van der Waals surface area contributed by atoms with Gasteiger partial charge in [-0.3, -0.25) is 4.79 Å². The van der Waals surface area contributed by atoms with Crippen LogP contribution in [0.2, 0.25) is 0 Å². The normalized spacial score (nSPS) is 36.5. The SMILES string of the molecule is CCN1CC2COCC2(C(=O)O)C1.Cl. The molecule has 2 fully saturated rings. The van der Waals surface area contributed by atoms with Crippen molar-refractivity contribution in [3.05, 3.63) is 0 Å². The second-order valence-corrected chi connectivity index (χ2v) is 4.00. The van der Waals surface area contributed by atoms with Gasteiger partial charge in [-0.2, -0.15) is 0 Å². The number of carbonyl (C=O) groups is 1. The molecule has 2 aliphatic rings. The van der Waals surface area contributed by atoms with Crippen LogP contribution in [0.15, 0.2) is 0 Å². The summed E-state index contributed by atoms with van der Waals surface area (Å²) in [7, 11) is 0. The van der Waals surface area contributed by atoms with Gasteiger partial charge in [0.15, 0.2) is 0 Å². The molecule has 1 N–H and O–H groups in total. The average molecular weight is 222 g/mol. The Morgan fingerprint density at radius 3 is 2.93 bits per heavy atom. The molecule has 2 rings (SSSR count). The highest BCUT2D eigenvalue weighted by atomic mass is 35.5. The molecule has 2 aliphatic heterocycles. The average Bonchev–Trinajstić information content (AvgIpc) is 2.58. The van der Waals surface area contributed by atoms with E-state index in [9.17, 15) is 9.90 Å². The van der Waals surface area contributed by atoms with Crippen LogP contribution >= 0.6 is 12.4 Å². The van der Waals surface area contributed by atoms with Crippen LogP contribution in [0.4, 0.5) is 0 Å². The predicted octanol–water partition coefficient (Wildman–Crippen LogP) is 0.461. The molecule has 2 heterocycles. The van der Waals surface area contributed by atoms with Gasteiger partial charge in [0.25, 0.3) is 0 Å². The summed E-state index contributed by atoms with van der Waals surface area (Å²) in [6.07, 6.45) is 0. The maximum Gasteiger partial charge on any atom is 0.313 e. The Labute approximate surface area is 89.6 Å². The number of ether oxygens (including phenoxy) is 1. The molecule has 2 saturated heterocycles. The standard InChI is InChI=1S/C9H15NO3.ClH/c1-2-10-3-7-4-13-6-9(7,5-10)8(11)12;/h7H,2-6H2,1H3,(H,11,12);1H. The summed E-state index contributed by atoms with van der Waals surface area (Å²) in [5.74, 6) is -0.490. The first-order valence-electron chi connectivity index (χ1n) is 4.72. The number of carboxylic acid groups (broad SMARTS) is 1. The zero-order chi connectivity index (χ0) is 9.47. The van der Waals surface area contributed by atoms with Crippen molar-refractivity contribution in [3.8, 4) is 0 Å². The Balaban J connectivity index is 0.000000980. The van der Waals surface area contributed by atoms with Crippen LogP contribution in [0.3, 0.4) is 0 Å². The molecule has 2 unspecified atom stereocenters. The molecule has 0 aromatic carbocycles. The van der Waals surface area contributed by atoms with Crippen LogP contribution in [0, 0.1) is 11.3 Å². The fourth-order valence-corrected chi connectivity index (χ4v) is 2.38. The summed E-state index contributed by atoms with van der Waals surface area (Å²) < 4.78 is 5.26. The highest BCUT2D eigenvalue weighted by molar-refractivity contribution is 5.85. The smallest absolute Gasteiger partial charge is 0.313 e. The second kappa shape index (κ2) is 4.04. The largest absolute Gasteiger partial charge is 0.481 e. The molecule has 0 radical (unpaired) electrons. The number of halogens is 1. The van der Waals surface area contributed by atoms with Crippen molar-refractivity contribution in [1.82, 2.24) is 4.90 Å². The van der Waals surface area contributed by atoms with Crippen molar-refractivity contribution in [2.45, 2.75) is 6.92 Å². The lowest BCUT2D eigenvalue weighted by molar-refractivity contribution is -0.149. The maximum atomic E-state index is 11.2. The van der Waals surface area contributed by atoms with Gasteiger partial charge in [-0.15, -0.1) is 12.4 Å². The van der Waals surface area contributed by atoms with E-state index in [1.807, 2.05) is 0 Å². The Hall–Kier alpha value is -0.320. The van der Waals surface area contributed by atoms with E-state index in [2.05, 4.69) is 11.8 Å². The third-order valence-corrected chi connectivity index (χ3v) is 3.32. The van der Waals surface area contributed by atoms with Gasteiger partial charge in [0.1, 0.15) is 5.41 Å². The molecule has 5 heteroatoms. The van der Waals surface area contributed by atoms with Gasteiger partial charge in [0, 0.05) is 19.0 Å². The lowest BCUT2D eigenvalue weighted by Crippen LogP contribution is -2.38. The predicted molar refractivity (Wildman–Crippen MR) is 53.7 cm³/mol. The summed E-state index contributed by atoms with van der Waals surface area (Å²) in [4.78, 5) is 13.4. The van der Waals surface area contributed by atoms with Crippen molar-refractivity contribution < 1.29 is 14.6 Å². The number of rotatable bonds is 2. The fraction of sp³-hybridized carbons (Fsp3) is 0.889. The third kappa shape index (κ3) is 1.51. The zero-order valence-corrected chi connectivity index (χ0v) is 9.05. The van der Waals surface area contributed by atoms with E-state index in [1.165, 1.54) is 0 Å². The minimum absolute atomic E-state index is 0. The van der Waals surface area contributed by atoms with Crippen molar-refractivity contribution in [2.75, 3.05) is 32.8 Å². The van der Waals surface area contributed by atoms with Crippen molar-refractivity contribution in [3.63, 3.8) is 0 Å². The highest BCUT2D eigenvalue weighted by Crippen LogP contribution is 2.41.